The summed E-state index contributed by atoms with van der Waals surface area (Å²) >= 11 is 11.9. The van der Waals surface area contributed by atoms with E-state index in [1.165, 1.54) is 13.2 Å². The molecule has 4 heteroatoms. The van der Waals surface area contributed by atoms with E-state index in [-0.39, 0.29) is 11.2 Å². The maximum Gasteiger partial charge on any atom is 0.165 e. The summed E-state index contributed by atoms with van der Waals surface area (Å²) in [6.45, 7) is 6.02. The lowest BCUT2D eigenvalue weighted by Crippen LogP contribution is -2.13. The van der Waals surface area contributed by atoms with Gasteiger partial charge in [-0.05, 0) is 17.5 Å². The predicted molar refractivity (Wildman–Crippen MR) is 71.4 cm³/mol. The first kappa shape index (κ1) is 14.3. The molecule has 0 unspecified atom stereocenters. The van der Waals surface area contributed by atoms with Crippen LogP contribution in [0.3, 0.4) is 0 Å². The van der Waals surface area contributed by atoms with Crippen LogP contribution in [0.25, 0.3) is 0 Å². The van der Waals surface area contributed by atoms with Crippen LogP contribution in [0.15, 0.2) is 12.1 Å². The zero-order valence-corrected chi connectivity index (χ0v) is 11.9. The molecule has 0 amide bonds. The maximum absolute atomic E-state index is 12.1. The summed E-state index contributed by atoms with van der Waals surface area (Å²) in [5.41, 5.74) is 0.385. The molecule has 0 saturated carbocycles. The van der Waals surface area contributed by atoms with Crippen LogP contribution < -0.4 is 4.74 Å². The fourth-order valence-electron chi connectivity index (χ4n) is 1.48. The monoisotopic (exact) mass is 274 g/mol. The molecule has 0 spiro atoms. The Morgan fingerprint density at radius 1 is 1.24 bits per heavy atom. The molecule has 0 aromatic heterocycles. The molecular formula is C13H16Cl2O2. The lowest BCUT2D eigenvalue weighted by molar-refractivity contribution is 0.0939. The van der Waals surface area contributed by atoms with Crippen molar-refractivity contribution < 1.29 is 9.53 Å². The molecule has 94 valence electrons. The number of carbonyl (C=O) groups excluding carboxylic acids is 1. The molecule has 0 bridgehead atoms. The van der Waals surface area contributed by atoms with Crippen molar-refractivity contribution in [2.45, 2.75) is 27.2 Å². The molecule has 0 atom stereocenters. The summed E-state index contributed by atoms with van der Waals surface area (Å²) < 4.78 is 5.08. The van der Waals surface area contributed by atoms with Crippen LogP contribution >= 0.6 is 23.2 Å². The van der Waals surface area contributed by atoms with E-state index in [9.17, 15) is 4.79 Å². The molecule has 0 saturated heterocycles. The highest BCUT2D eigenvalue weighted by atomic mass is 35.5. The normalized spacial score (nSPS) is 11.4. The number of Topliss-reactive ketones (excluding diaryl/α,β-unsaturated/α-hetero) is 1. The SMILES string of the molecule is COc1cc(C(=O)CC(C)(C)C)c(Cl)cc1Cl. The van der Waals surface area contributed by atoms with Crippen molar-refractivity contribution in [3.63, 3.8) is 0 Å². The number of hydrogen-bond donors (Lipinski definition) is 0. The number of methoxy groups -OCH3 is 1. The lowest BCUT2D eigenvalue weighted by atomic mass is 9.88. The van der Waals surface area contributed by atoms with Crippen molar-refractivity contribution in [3.05, 3.63) is 27.7 Å². The Kier molecular flexibility index (Phi) is 4.45. The molecular weight excluding hydrogens is 259 g/mol. The van der Waals surface area contributed by atoms with E-state index in [0.29, 0.717) is 27.8 Å². The molecule has 0 aliphatic heterocycles. The zero-order chi connectivity index (χ0) is 13.2. The van der Waals surface area contributed by atoms with Crippen LogP contribution in [-0.2, 0) is 0 Å². The summed E-state index contributed by atoms with van der Waals surface area (Å²) in [7, 11) is 1.51. The molecule has 1 aromatic carbocycles. The van der Waals surface area contributed by atoms with Gasteiger partial charge in [-0.2, -0.15) is 0 Å². The van der Waals surface area contributed by atoms with Gasteiger partial charge in [0.1, 0.15) is 5.75 Å². The summed E-state index contributed by atoms with van der Waals surface area (Å²) in [6.07, 6.45) is 0.428. The third-order valence-corrected chi connectivity index (χ3v) is 2.84. The van der Waals surface area contributed by atoms with Crippen LogP contribution in [-0.4, -0.2) is 12.9 Å². The van der Waals surface area contributed by atoms with E-state index >= 15 is 0 Å². The summed E-state index contributed by atoms with van der Waals surface area (Å²) in [5, 5.41) is 0.773. The van der Waals surface area contributed by atoms with Crippen molar-refractivity contribution in [2.75, 3.05) is 7.11 Å². The molecule has 0 N–H and O–H groups in total. The van der Waals surface area contributed by atoms with Gasteiger partial charge in [0.15, 0.2) is 5.78 Å². The Hall–Kier alpha value is -0.730. The third kappa shape index (κ3) is 3.90. The Morgan fingerprint density at radius 3 is 2.29 bits per heavy atom. The van der Waals surface area contributed by atoms with Crippen LogP contribution in [0.2, 0.25) is 10.0 Å². The first-order valence-corrected chi connectivity index (χ1v) is 6.06. The van der Waals surface area contributed by atoms with E-state index in [2.05, 4.69) is 0 Å². The van der Waals surface area contributed by atoms with Crippen LogP contribution in [0.1, 0.15) is 37.6 Å². The second-order valence-electron chi connectivity index (χ2n) is 5.13. The van der Waals surface area contributed by atoms with Gasteiger partial charge in [0, 0.05) is 12.0 Å². The number of ether oxygens (including phenoxy) is 1. The maximum atomic E-state index is 12.1. The summed E-state index contributed by atoms with van der Waals surface area (Å²) in [6, 6.07) is 3.14. The van der Waals surface area contributed by atoms with Crippen LogP contribution in [0.5, 0.6) is 5.75 Å². The van der Waals surface area contributed by atoms with Crippen LogP contribution in [0.4, 0.5) is 0 Å². The Labute approximate surface area is 112 Å². The largest absolute Gasteiger partial charge is 0.495 e. The van der Waals surface area contributed by atoms with Gasteiger partial charge in [-0.3, -0.25) is 4.79 Å². The standard InChI is InChI=1S/C13H16Cl2O2/c1-13(2,3)7-11(16)8-5-12(17-4)10(15)6-9(8)14/h5-6H,7H2,1-4H3. The van der Waals surface area contributed by atoms with Gasteiger partial charge in [-0.15, -0.1) is 0 Å². The second kappa shape index (κ2) is 5.28. The van der Waals surface area contributed by atoms with E-state index in [1.807, 2.05) is 20.8 Å². The highest BCUT2D eigenvalue weighted by Gasteiger charge is 2.20. The Morgan fingerprint density at radius 2 is 1.82 bits per heavy atom. The number of rotatable bonds is 3. The topological polar surface area (TPSA) is 26.3 Å². The fraction of sp³-hybridized carbons (Fsp3) is 0.462. The first-order valence-electron chi connectivity index (χ1n) is 5.31. The second-order valence-corrected chi connectivity index (χ2v) is 5.94. The highest BCUT2D eigenvalue weighted by Crippen LogP contribution is 2.33. The third-order valence-electron chi connectivity index (χ3n) is 2.23. The van der Waals surface area contributed by atoms with E-state index < -0.39 is 0 Å². The number of ketones is 1. The van der Waals surface area contributed by atoms with Crippen molar-refractivity contribution in [2.24, 2.45) is 5.41 Å². The quantitative estimate of drug-likeness (QED) is 0.752. The van der Waals surface area contributed by atoms with Crippen molar-refractivity contribution in [1.82, 2.24) is 0 Å². The molecule has 0 aliphatic rings. The Balaban J connectivity index is 3.10. The van der Waals surface area contributed by atoms with Crippen molar-refractivity contribution in [1.29, 1.82) is 0 Å². The smallest absolute Gasteiger partial charge is 0.165 e. The zero-order valence-electron chi connectivity index (χ0n) is 10.4. The molecule has 0 aliphatic carbocycles. The highest BCUT2D eigenvalue weighted by molar-refractivity contribution is 6.37. The van der Waals surface area contributed by atoms with E-state index in [0.717, 1.165) is 0 Å². The van der Waals surface area contributed by atoms with Gasteiger partial charge in [0.2, 0.25) is 0 Å². The molecule has 2 nitrogen and oxygen atoms in total. The van der Waals surface area contributed by atoms with Gasteiger partial charge >= 0.3 is 0 Å². The Bertz CT molecular complexity index is 434. The fourth-order valence-corrected chi connectivity index (χ4v) is 2.04. The number of hydrogen-bond acceptors (Lipinski definition) is 2. The van der Waals surface area contributed by atoms with Crippen molar-refractivity contribution in [3.8, 4) is 5.75 Å². The first-order chi connectivity index (χ1) is 7.74. The minimum atomic E-state index is -0.0761. The predicted octanol–water partition coefficient (Wildman–Crippen LogP) is 4.62. The summed E-state index contributed by atoms with van der Waals surface area (Å²) in [4.78, 5) is 12.1. The molecule has 0 heterocycles. The van der Waals surface area contributed by atoms with Gasteiger partial charge in [0.25, 0.3) is 0 Å². The average molecular weight is 275 g/mol. The summed E-state index contributed by atoms with van der Waals surface area (Å²) in [5.74, 6) is 0.464. The molecule has 0 fully saturated rings. The molecule has 17 heavy (non-hydrogen) atoms. The molecule has 1 aromatic rings. The molecule has 0 radical (unpaired) electrons. The molecule has 1 rings (SSSR count). The van der Waals surface area contributed by atoms with Gasteiger partial charge < -0.3 is 4.74 Å². The number of carbonyl (C=O) groups is 1. The van der Waals surface area contributed by atoms with E-state index in [4.69, 9.17) is 27.9 Å². The lowest BCUT2D eigenvalue weighted by Gasteiger charge is -2.17. The van der Waals surface area contributed by atoms with Gasteiger partial charge in [-0.25, -0.2) is 0 Å². The average Bonchev–Trinajstić information content (AvgIpc) is 2.14. The van der Waals surface area contributed by atoms with Gasteiger partial charge in [-0.1, -0.05) is 44.0 Å². The van der Waals surface area contributed by atoms with Crippen LogP contribution in [0, 0.1) is 5.41 Å². The number of halogens is 2. The van der Waals surface area contributed by atoms with Gasteiger partial charge in [0.05, 0.1) is 17.2 Å². The van der Waals surface area contributed by atoms with E-state index in [1.54, 1.807) is 6.07 Å². The number of benzene rings is 1. The minimum absolute atomic E-state index is 0.00235. The van der Waals surface area contributed by atoms with Crippen molar-refractivity contribution >= 4 is 29.0 Å². The minimum Gasteiger partial charge on any atom is -0.495 e.